The number of esters is 1. The van der Waals surface area contributed by atoms with E-state index in [1.165, 1.54) is 4.90 Å². The topological polar surface area (TPSA) is 106 Å². The number of nitrogens with zero attached hydrogens (tertiary/aromatic N) is 2. The number of carbonyl (C=O) groups is 3. The van der Waals surface area contributed by atoms with Crippen molar-refractivity contribution < 1.29 is 33.7 Å². The van der Waals surface area contributed by atoms with Gasteiger partial charge in [-0.15, -0.1) is 13.2 Å². The van der Waals surface area contributed by atoms with Crippen LogP contribution in [0.4, 0.5) is 5.69 Å². The van der Waals surface area contributed by atoms with Crippen molar-refractivity contribution in [1.82, 2.24) is 4.90 Å². The number of benzene rings is 1. The van der Waals surface area contributed by atoms with Gasteiger partial charge in [-0.3, -0.25) is 14.4 Å². The molecule has 4 rings (SSSR count). The van der Waals surface area contributed by atoms with E-state index in [9.17, 15) is 19.5 Å². The Morgan fingerprint density at radius 2 is 1.97 bits per heavy atom. The number of hydrogen-bond donors (Lipinski definition) is 1. The van der Waals surface area contributed by atoms with Crippen LogP contribution in [0.15, 0.2) is 49.6 Å². The van der Waals surface area contributed by atoms with E-state index >= 15 is 0 Å². The van der Waals surface area contributed by atoms with Crippen LogP contribution >= 0.6 is 0 Å². The molecule has 0 aromatic heterocycles. The maximum absolute atomic E-state index is 14.3. The average molecular weight is 513 g/mol. The fraction of sp³-hybridized carbons (Fsp3) is 0.536. The molecule has 1 N–H and O–H groups in total. The van der Waals surface area contributed by atoms with Gasteiger partial charge in [-0.25, -0.2) is 0 Å². The van der Waals surface area contributed by atoms with Crippen molar-refractivity contribution >= 4 is 23.5 Å². The molecular formula is C28H36N2O7. The minimum atomic E-state index is -1.16. The molecule has 3 aliphatic rings. The third kappa shape index (κ3) is 4.44. The van der Waals surface area contributed by atoms with Crippen molar-refractivity contribution in [3.05, 3.63) is 49.6 Å². The van der Waals surface area contributed by atoms with Gasteiger partial charge in [-0.05, 0) is 56.9 Å². The molecule has 0 radical (unpaired) electrons. The first-order valence-corrected chi connectivity index (χ1v) is 12.7. The molecule has 9 heteroatoms. The summed E-state index contributed by atoms with van der Waals surface area (Å²) in [5, 5.41) is 9.52. The monoisotopic (exact) mass is 512 g/mol. The number of ether oxygens (including phenoxy) is 3. The molecule has 37 heavy (non-hydrogen) atoms. The van der Waals surface area contributed by atoms with Gasteiger partial charge in [0.1, 0.15) is 23.3 Å². The second kappa shape index (κ2) is 10.7. The van der Waals surface area contributed by atoms with E-state index in [1.54, 1.807) is 48.4 Å². The third-order valence-corrected chi connectivity index (χ3v) is 7.85. The van der Waals surface area contributed by atoms with Crippen molar-refractivity contribution in [2.45, 2.75) is 49.9 Å². The molecule has 1 spiro atoms. The number of carbonyl (C=O) groups excluding carboxylic acids is 3. The molecule has 3 saturated heterocycles. The summed E-state index contributed by atoms with van der Waals surface area (Å²) in [6.45, 7) is 9.72. The highest BCUT2D eigenvalue weighted by atomic mass is 16.6. The summed E-state index contributed by atoms with van der Waals surface area (Å²) in [4.78, 5) is 44.5. The van der Waals surface area contributed by atoms with Gasteiger partial charge in [0.05, 0.1) is 25.2 Å². The summed E-state index contributed by atoms with van der Waals surface area (Å²) >= 11 is 0. The van der Waals surface area contributed by atoms with Crippen LogP contribution < -0.4 is 9.64 Å². The van der Waals surface area contributed by atoms with Crippen LogP contribution in [0.2, 0.25) is 0 Å². The predicted octanol–water partition coefficient (Wildman–Crippen LogP) is 2.48. The highest BCUT2D eigenvalue weighted by molar-refractivity contribution is 6.04. The lowest BCUT2D eigenvalue weighted by molar-refractivity contribution is -0.159. The van der Waals surface area contributed by atoms with Crippen molar-refractivity contribution in [3.8, 4) is 5.75 Å². The molecule has 2 amide bonds. The third-order valence-electron chi connectivity index (χ3n) is 7.85. The van der Waals surface area contributed by atoms with Gasteiger partial charge in [0.25, 0.3) is 5.91 Å². The molecule has 2 bridgehead atoms. The zero-order valence-corrected chi connectivity index (χ0v) is 21.6. The van der Waals surface area contributed by atoms with Gasteiger partial charge >= 0.3 is 5.97 Å². The zero-order chi connectivity index (χ0) is 26.8. The van der Waals surface area contributed by atoms with E-state index in [2.05, 4.69) is 13.2 Å². The Labute approximate surface area is 217 Å². The van der Waals surface area contributed by atoms with Gasteiger partial charge in [0, 0.05) is 25.4 Å². The van der Waals surface area contributed by atoms with E-state index in [4.69, 9.17) is 14.2 Å². The van der Waals surface area contributed by atoms with Crippen LogP contribution in [0, 0.1) is 11.8 Å². The summed E-state index contributed by atoms with van der Waals surface area (Å²) in [6, 6.07) is 6.12. The lowest BCUT2D eigenvalue weighted by Gasteiger charge is -2.36. The molecule has 3 aliphatic heterocycles. The number of likely N-dealkylation sites (tertiary alicyclic amines) is 1. The molecule has 0 saturated carbocycles. The van der Waals surface area contributed by atoms with Gasteiger partial charge in [0.15, 0.2) is 0 Å². The van der Waals surface area contributed by atoms with Gasteiger partial charge in [0.2, 0.25) is 5.91 Å². The minimum Gasteiger partial charge on any atom is -0.497 e. The van der Waals surface area contributed by atoms with Crippen LogP contribution in [0.1, 0.15) is 32.6 Å². The van der Waals surface area contributed by atoms with Crippen LogP contribution in [0.25, 0.3) is 0 Å². The summed E-state index contributed by atoms with van der Waals surface area (Å²) in [5.74, 6) is -2.12. The minimum absolute atomic E-state index is 0.136. The number of hydrogen-bond acceptors (Lipinski definition) is 7. The zero-order valence-electron chi connectivity index (χ0n) is 21.6. The van der Waals surface area contributed by atoms with E-state index in [0.29, 0.717) is 37.1 Å². The standard InChI is InChI=1S/C28H36N2O7/c1-5-7-18-36-26(34)22-21-24(32)30(16-8-17-31)23(28(21)14-13-27(22,3)37-28)25(33)29(15-6-2)19-9-11-20(35-4)12-10-19/h5-6,9-12,21-23,31H,1-2,7-8,13-18H2,3-4H3/t21-,22-,23?,27+,28?/m0/s1. The number of amides is 2. The Kier molecular flexibility index (Phi) is 7.75. The first-order chi connectivity index (χ1) is 17.8. The molecule has 9 nitrogen and oxygen atoms in total. The SMILES string of the molecule is C=CCCOC(=O)[C@@H]1[C@H]2C(=O)N(CCCO)C(C(=O)N(CC=C)c3ccc(OC)cc3)C23CC[C@@]1(C)O3. The molecular weight excluding hydrogens is 476 g/mol. The van der Waals surface area contributed by atoms with Crippen LogP contribution in [-0.2, 0) is 23.9 Å². The Morgan fingerprint density at radius 1 is 1.24 bits per heavy atom. The van der Waals surface area contributed by atoms with E-state index in [1.807, 2.05) is 6.92 Å². The van der Waals surface area contributed by atoms with E-state index < -0.39 is 35.0 Å². The Bertz CT molecular complexity index is 1060. The Hall–Kier alpha value is -3.17. The van der Waals surface area contributed by atoms with Crippen LogP contribution in [0.3, 0.4) is 0 Å². The summed E-state index contributed by atoms with van der Waals surface area (Å²) < 4.78 is 17.3. The number of fused-ring (bicyclic) bond motifs is 1. The van der Waals surface area contributed by atoms with Gasteiger partial charge < -0.3 is 29.1 Å². The first-order valence-electron chi connectivity index (χ1n) is 12.7. The highest BCUT2D eigenvalue weighted by Crippen LogP contribution is 2.63. The molecule has 1 aromatic rings. The number of aliphatic hydroxyl groups is 1. The lowest BCUT2D eigenvalue weighted by Crippen LogP contribution is -2.56. The quantitative estimate of drug-likeness (QED) is 0.261. The van der Waals surface area contributed by atoms with Crippen molar-refractivity contribution in [2.75, 3.05) is 38.3 Å². The van der Waals surface area contributed by atoms with Gasteiger partial charge in [-0.1, -0.05) is 12.2 Å². The van der Waals surface area contributed by atoms with Gasteiger partial charge in [-0.2, -0.15) is 0 Å². The maximum atomic E-state index is 14.3. The Balaban J connectivity index is 1.74. The molecule has 3 heterocycles. The second-order valence-electron chi connectivity index (χ2n) is 10.0. The van der Waals surface area contributed by atoms with E-state index in [0.717, 1.165) is 0 Å². The summed E-state index contributed by atoms with van der Waals surface area (Å²) in [5.41, 5.74) is -1.44. The molecule has 2 unspecified atom stereocenters. The normalized spacial score (nSPS) is 29.6. The fourth-order valence-corrected chi connectivity index (χ4v) is 6.24. The van der Waals surface area contributed by atoms with E-state index in [-0.39, 0.29) is 38.1 Å². The first kappa shape index (κ1) is 26.9. The number of anilines is 1. The number of methoxy groups -OCH3 is 1. The lowest BCUT2D eigenvalue weighted by atomic mass is 9.66. The average Bonchev–Trinajstić information content (AvgIpc) is 3.46. The van der Waals surface area contributed by atoms with Crippen molar-refractivity contribution in [2.24, 2.45) is 11.8 Å². The van der Waals surface area contributed by atoms with Crippen LogP contribution in [0.5, 0.6) is 5.75 Å². The van der Waals surface area contributed by atoms with Crippen molar-refractivity contribution in [1.29, 1.82) is 0 Å². The molecule has 1 aromatic carbocycles. The maximum Gasteiger partial charge on any atom is 0.312 e. The number of aliphatic hydroxyl groups excluding tert-OH is 1. The Morgan fingerprint density at radius 3 is 2.59 bits per heavy atom. The second-order valence-corrected chi connectivity index (χ2v) is 10.0. The summed E-state index contributed by atoms with van der Waals surface area (Å²) in [7, 11) is 1.57. The molecule has 5 atom stereocenters. The number of rotatable bonds is 12. The molecule has 3 fully saturated rings. The molecule has 200 valence electrons. The van der Waals surface area contributed by atoms with Crippen molar-refractivity contribution in [3.63, 3.8) is 0 Å². The summed E-state index contributed by atoms with van der Waals surface area (Å²) in [6.07, 6.45) is 5.08. The fourth-order valence-electron chi connectivity index (χ4n) is 6.24. The van der Waals surface area contributed by atoms with Crippen LogP contribution in [-0.4, -0.2) is 78.4 Å². The molecule has 0 aliphatic carbocycles. The highest BCUT2D eigenvalue weighted by Gasteiger charge is 2.78. The largest absolute Gasteiger partial charge is 0.497 e. The predicted molar refractivity (Wildman–Crippen MR) is 137 cm³/mol. The smallest absolute Gasteiger partial charge is 0.312 e.